The number of halogens is 1. The van der Waals surface area contributed by atoms with Crippen molar-refractivity contribution in [3.05, 3.63) is 35.6 Å². The lowest BCUT2D eigenvalue weighted by Gasteiger charge is -2.10. The Balaban J connectivity index is 2.92. The zero-order valence-corrected chi connectivity index (χ0v) is 7.88. The number of hydrogen-bond acceptors (Lipinski definition) is 1. The highest BCUT2D eigenvalue weighted by molar-refractivity contribution is 5.83. The van der Waals surface area contributed by atoms with Gasteiger partial charge in [0.05, 0.1) is 0 Å². The molecule has 0 radical (unpaired) electrons. The van der Waals surface area contributed by atoms with Gasteiger partial charge in [0.25, 0.3) is 0 Å². The SMILES string of the molecule is CCC(C(C)=O)c1ccc(F)cc1. The fraction of sp³-hybridized carbons (Fsp3) is 0.364. The van der Waals surface area contributed by atoms with Gasteiger partial charge in [0.2, 0.25) is 0 Å². The molecule has 1 rings (SSSR count). The normalized spacial score (nSPS) is 12.5. The maximum Gasteiger partial charge on any atom is 0.137 e. The molecule has 1 nitrogen and oxygen atoms in total. The summed E-state index contributed by atoms with van der Waals surface area (Å²) >= 11 is 0. The molecule has 70 valence electrons. The summed E-state index contributed by atoms with van der Waals surface area (Å²) in [6, 6.07) is 6.12. The summed E-state index contributed by atoms with van der Waals surface area (Å²) < 4.78 is 12.6. The fourth-order valence-corrected chi connectivity index (χ4v) is 1.45. The number of ketones is 1. The number of rotatable bonds is 3. The second-order valence-corrected chi connectivity index (χ2v) is 3.12. The standard InChI is InChI=1S/C11H13FO/c1-3-11(8(2)13)9-4-6-10(12)7-5-9/h4-7,11H,3H2,1-2H3. The van der Waals surface area contributed by atoms with Crippen LogP contribution in [-0.4, -0.2) is 5.78 Å². The Hall–Kier alpha value is -1.18. The van der Waals surface area contributed by atoms with E-state index in [4.69, 9.17) is 0 Å². The van der Waals surface area contributed by atoms with E-state index >= 15 is 0 Å². The van der Waals surface area contributed by atoms with Crippen molar-refractivity contribution < 1.29 is 9.18 Å². The Bertz CT molecular complexity index is 289. The van der Waals surface area contributed by atoms with Crippen molar-refractivity contribution in [2.45, 2.75) is 26.2 Å². The van der Waals surface area contributed by atoms with Crippen LogP contribution in [-0.2, 0) is 4.79 Å². The predicted molar refractivity (Wildman–Crippen MR) is 50.1 cm³/mol. The summed E-state index contributed by atoms with van der Waals surface area (Å²) in [5, 5.41) is 0. The molecule has 2 heteroatoms. The third-order valence-electron chi connectivity index (χ3n) is 2.17. The van der Waals surface area contributed by atoms with Crippen LogP contribution in [0.3, 0.4) is 0 Å². The maximum atomic E-state index is 12.6. The molecule has 1 unspecified atom stereocenters. The van der Waals surface area contributed by atoms with Gasteiger partial charge in [-0.25, -0.2) is 4.39 Å². The molecule has 1 aromatic carbocycles. The molecular formula is C11H13FO. The van der Waals surface area contributed by atoms with Gasteiger partial charge in [0.15, 0.2) is 0 Å². The monoisotopic (exact) mass is 180 g/mol. The first-order chi connectivity index (χ1) is 6.15. The lowest BCUT2D eigenvalue weighted by molar-refractivity contribution is -0.118. The Morgan fingerprint density at radius 3 is 2.31 bits per heavy atom. The van der Waals surface area contributed by atoms with E-state index in [0.29, 0.717) is 0 Å². The topological polar surface area (TPSA) is 17.1 Å². The van der Waals surface area contributed by atoms with E-state index in [0.717, 1.165) is 12.0 Å². The fourth-order valence-electron chi connectivity index (χ4n) is 1.45. The van der Waals surface area contributed by atoms with Crippen molar-refractivity contribution in [2.24, 2.45) is 0 Å². The summed E-state index contributed by atoms with van der Waals surface area (Å²) in [5.41, 5.74) is 0.899. The molecule has 1 atom stereocenters. The molecule has 0 N–H and O–H groups in total. The van der Waals surface area contributed by atoms with Crippen LogP contribution in [0.4, 0.5) is 4.39 Å². The zero-order chi connectivity index (χ0) is 9.84. The number of hydrogen-bond donors (Lipinski definition) is 0. The average molecular weight is 180 g/mol. The predicted octanol–water partition coefficient (Wildman–Crippen LogP) is 2.91. The molecule has 0 saturated heterocycles. The second kappa shape index (κ2) is 4.17. The minimum atomic E-state index is -0.262. The van der Waals surface area contributed by atoms with Gasteiger partial charge < -0.3 is 0 Å². The Labute approximate surface area is 77.6 Å². The number of carbonyl (C=O) groups is 1. The number of benzene rings is 1. The van der Waals surface area contributed by atoms with Gasteiger partial charge in [-0.1, -0.05) is 19.1 Å². The van der Waals surface area contributed by atoms with E-state index in [1.165, 1.54) is 12.1 Å². The van der Waals surface area contributed by atoms with Crippen molar-refractivity contribution in [3.63, 3.8) is 0 Å². The van der Waals surface area contributed by atoms with Gasteiger partial charge in [0.1, 0.15) is 11.6 Å². The highest BCUT2D eigenvalue weighted by Gasteiger charge is 2.13. The summed E-state index contributed by atoms with van der Waals surface area (Å²) in [5.74, 6) is -0.211. The highest BCUT2D eigenvalue weighted by Crippen LogP contribution is 2.20. The Morgan fingerprint density at radius 2 is 1.92 bits per heavy atom. The largest absolute Gasteiger partial charge is 0.299 e. The second-order valence-electron chi connectivity index (χ2n) is 3.12. The lowest BCUT2D eigenvalue weighted by Crippen LogP contribution is -2.07. The van der Waals surface area contributed by atoms with Gasteiger partial charge in [-0.05, 0) is 31.0 Å². The molecule has 0 aromatic heterocycles. The van der Waals surface area contributed by atoms with Crippen LogP contribution in [0.15, 0.2) is 24.3 Å². The van der Waals surface area contributed by atoms with Gasteiger partial charge in [-0.2, -0.15) is 0 Å². The van der Waals surface area contributed by atoms with E-state index in [2.05, 4.69) is 0 Å². The first-order valence-corrected chi connectivity index (χ1v) is 4.41. The Kier molecular flexibility index (Phi) is 3.18. The van der Waals surface area contributed by atoms with Crippen molar-refractivity contribution >= 4 is 5.78 Å². The summed E-state index contributed by atoms with van der Waals surface area (Å²) in [6.45, 7) is 3.52. The smallest absolute Gasteiger partial charge is 0.137 e. The van der Waals surface area contributed by atoms with E-state index in [-0.39, 0.29) is 17.5 Å². The number of carbonyl (C=O) groups excluding carboxylic acids is 1. The average Bonchev–Trinajstić information content (AvgIpc) is 2.09. The molecular weight excluding hydrogens is 167 g/mol. The molecule has 0 bridgehead atoms. The molecule has 0 saturated carbocycles. The maximum absolute atomic E-state index is 12.6. The zero-order valence-electron chi connectivity index (χ0n) is 7.88. The third-order valence-corrected chi connectivity index (χ3v) is 2.17. The van der Waals surface area contributed by atoms with Gasteiger partial charge >= 0.3 is 0 Å². The molecule has 1 aromatic rings. The summed E-state index contributed by atoms with van der Waals surface area (Å²) in [7, 11) is 0. The minimum absolute atomic E-state index is 0.0828. The first kappa shape index (κ1) is 9.90. The van der Waals surface area contributed by atoms with Gasteiger partial charge in [-0.15, -0.1) is 0 Å². The van der Waals surface area contributed by atoms with Crippen molar-refractivity contribution in [2.75, 3.05) is 0 Å². The van der Waals surface area contributed by atoms with Gasteiger partial charge in [0, 0.05) is 5.92 Å². The van der Waals surface area contributed by atoms with Crippen molar-refractivity contribution in [3.8, 4) is 0 Å². The molecule has 0 spiro atoms. The molecule has 0 fully saturated rings. The van der Waals surface area contributed by atoms with Crippen LogP contribution in [0.5, 0.6) is 0 Å². The molecule has 0 aliphatic rings. The van der Waals surface area contributed by atoms with E-state index in [9.17, 15) is 9.18 Å². The summed E-state index contributed by atoms with van der Waals surface area (Å²) in [6.07, 6.45) is 0.765. The third kappa shape index (κ3) is 2.38. The lowest BCUT2D eigenvalue weighted by atomic mass is 9.93. The van der Waals surface area contributed by atoms with Crippen LogP contribution < -0.4 is 0 Å². The van der Waals surface area contributed by atoms with Crippen LogP contribution in [0.2, 0.25) is 0 Å². The molecule has 0 heterocycles. The minimum Gasteiger partial charge on any atom is -0.299 e. The van der Waals surface area contributed by atoms with E-state index in [1.807, 2.05) is 6.92 Å². The van der Waals surface area contributed by atoms with E-state index < -0.39 is 0 Å². The van der Waals surface area contributed by atoms with Crippen LogP contribution in [0, 0.1) is 5.82 Å². The quantitative estimate of drug-likeness (QED) is 0.699. The van der Waals surface area contributed by atoms with Crippen molar-refractivity contribution in [1.29, 1.82) is 0 Å². The molecule has 0 aliphatic heterocycles. The van der Waals surface area contributed by atoms with Crippen LogP contribution in [0.1, 0.15) is 31.7 Å². The Morgan fingerprint density at radius 1 is 1.38 bits per heavy atom. The van der Waals surface area contributed by atoms with Gasteiger partial charge in [-0.3, -0.25) is 4.79 Å². The van der Waals surface area contributed by atoms with Crippen molar-refractivity contribution in [1.82, 2.24) is 0 Å². The first-order valence-electron chi connectivity index (χ1n) is 4.41. The van der Waals surface area contributed by atoms with Crippen LogP contribution in [0.25, 0.3) is 0 Å². The van der Waals surface area contributed by atoms with E-state index in [1.54, 1.807) is 19.1 Å². The summed E-state index contributed by atoms with van der Waals surface area (Å²) in [4.78, 5) is 11.2. The molecule has 13 heavy (non-hydrogen) atoms. The molecule has 0 amide bonds. The van der Waals surface area contributed by atoms with Crippen LogP contribution >= 0.6 is 0 Å². The number of Topliss-reactive ketones (excluding diaryl/α,β-unsaturated/α-hetero) is 1. The highest BCUT2D eigenvalue weighted by atomic mass is 19.1. The molecule has 0 aliphatic carbocycles.